The molecule has 1 unspecified atom stereocenters. The van der Waals surface area contributed by atoms with Crippen LogP contribution in [0, 0.1) is 11.8 Å². The van der Waals surface area contributed by atoms with Crippen molar-refractivity contribution in [2.24, 2.45) is 0 Å². The molecular formula is C24H21N. The molecule has 0 bridgehead atoms. The molecule has 0 fully saturated rings. The molecule has 25 heavy (non-hydrogen) atoms. The van der Waals surface area contributed by atoms with Crippen LogP contribution < -0.4 is 0 Å². The summed E-state index contributed by atoms with van der Waals surface area (Å²) < 4.78 is 0. The highest BCUT2D eigenvalue weighted by molar-refractivity contribution is 5.38. The lowest BCUT2D eigenvalue weighted by molar-refractivity contribution is 0.218. The monoisotopic (exact) mass is 323 g/mol. The molecular weight excluding hydrogens is 302 g/mol. The smallest absolute Gasteiger partial charge is 0.0977 e. The Hall–Kier alpha value is -2.82. The van der Waals surface area contributed by atoms with Crippen LogP contribution in [-0.2, 0) is 13.0 Å². The van der Waals surface area contributed by atoms with E-state index in [1.165, 1.54) is 16.7 Å². The first kappa shape index (κ1) is 15.7. The molecule has 0 spiro atoms. The maximum atomic E-state index is 3.53. The second-order valence-corrected chi connectivity index (χ2v) is 6.44. The number of benzene rings is 3. The minimum atomic E-state index is 0.120. The van der Waals surface area contributed by atoms with Gasteiger partial charge in [0.25, 0.3) is 0 Å². The first-order valence-electron chi connectivity index (χ1n) is 8.82. The molecule has 1 aliphatic rings. The maximum Gasteiger partial charge on any atom is 0.0977 e. The van der Waals surface area contributed by atoms with Crippen molar-refractivity contribution in [2.45, 2.75) is 19.0 Å². The van der Waals surface area contributed by atoms with Gasteiger partial charge in [-0.1, -0.05) is 84.6 Å². The zero-order valence-electron chi connectivity index (χ0n) is 14.2. The summed E-state index contributed by atoms with van der Waals surface area (Å²) in [6.07, 6.45) is 1.09. The van der Waals surface area contributed by atoms with Crippen LogP contribution in [0.1, 0.15) is 28.3 Å². The van der Waals surface area contributed by atoms with Crippen molar-refractivity contribution in [3.63, 3.8) is 0 Å². The lowest BCUT2D eigenvalue weighted by atomic mass is 9.96. The maximum absolute atomic E-state index is 3.53. The number of fused-ring (bicyclic) bond motifs is 1. The van der Waals surface area contributed by atoms with Gasteiger partial charge in [0, 0.05) is 18.7 Å². The van der Waals surface area contributed by atoms with E-state index in [0.717, 1.165) is 25.1 Å². The normalized spacial score (nSPS) is 14.9. The van der Waals surface area contributed by atoms with E-state index in [4.69, 9.17) is 0 Å². The zero-order valence-corrected chi connectivity index (χ0v) is 14.2. The van der Waals surface area contributed by atoms with Gasteiger partial charge in [-0.3, -0.25) is 4.90 Å². The van der Waals surface area contributed by atoms with Gasteiger partial charge in [0.2, 0.25) is 0 Å². The van der Waals surface area contributed by atoms with Gasteiger partial charge in [0.05, 0.1) is 6.04 Å². The molecule has 0 saturated carbocycles. The van der Waals surface area contributed by atoms with Crippen LogP contribution in [-0.4, -0.2) is 11.4 Å². The van der Waals surface area contributed by atoms with Crippen molar-refractivity contribution in [3.8, 4) is 11.8 Å². The first-order chi connectivity index (χ1) is 12.4. The lowest BCUT2D eigenvalue weighted by Crippen LogP contribution is -2.33. The molecule has 1 aliphatic heterocycles. The SMILES string of the molecule is C(#CC(c1ccccc1)N1CCc2ccccc2C1)c1ccccc1. The second-order valence-electron chi connectivity index (χ2n) is 6.44. The fourth-order valence-corrected chi connectivity index (χ4v) is 3.43. The summed E-state index contributed by atoms with van der Waals surface area (Å²) in [7, 11) is 0. The highest BCUT2D eigenvalue weighted by Gasteiger charge is 2.23. The molecule has 3 aromatic carbocycles. The van der Waals surface area contributed by atoms with Crippen molar-refractivity contribution in [2.75, 3.05) is 6.54 Å². The Morgan fingerprint density at radius 2 is 1.36 bits per heavy atom. The van der Waals surface area contributed by atoms with Crippen molar-refractivity contribution in [1.82, 2.24) is 4.90 Å². The minimum absolute atomic E-state index is 0.120. The molecule has 4 rings (SSSR count). The summed E-state index contributed by atoms with van der Waals surface area (Å²) in [6, 6.07) is 29.8. The first-order valence-corrected chi connectivity index (χ1v) is 8.82. The van der Waals surface area contributed by atoms with Gasteiger partial charge in [0.15, 0.2) is 0 Å². The molecule has 0 saturated heterocycles. The number of rotatable bonds is 2. The standard InChI is InChI=1S/C24H21N/c1-3-9-20(10-4-1)15-16-24(22-12-5-2-6-13-22)25-18-17-21-11-7-8-14-23(21)19-25/h1-14,24H,17-19H2. The molecule has 3 aromatic rings. The van der Waals surface area contributed by atoms with E-state index in [1.54, 1.807) is 0 Å². The van der Waals surface area contributed by atoms with Crippen LogP contribution in [0.5, 0.6) is 0 Å². The van der Waals surface area contributed by atoms with E-state index < -0.39 is 0 Å². The Morgan fingerprint density at radius 3 is 2.12 bits per heavy atom. The zero-order chi connectivity index (χ0) is 16.9. The van der Waals surface area contributed by atoms with Crippen LogP contribution in [0.15, 0.2) is 84.9 Å². The van der Waals surface area contributed by atoms with Crippen molar-refractivity contribution in [3.05, 3.63) is 107 Å². The fourth-order valence-electron chi connectivity index (χ4n) is 3.43. The van der Waals surface area contributed by atoms with Crippen LogP contribution >= 0.6 is 0 Å². The lowest BCUT2D eigenvalue weighted by Gasteiger charge is -2.33. The predicted molar refractivity (Wildman–Crippen MR) is 103 cm³/mol. The summed E-state index contributed by atoms with van der Waals surface area (Å²) in [5, 5.41) is 0. The minimum Gasteiger partial charge on any atom is -0.281 e. The van der Waals surface area contributed by atoms with Crippen LogP contribution in [0.2, 0.25) is 0 Å². The number of hydrogen-bond acceptors (Lipinski definition) is 1. The van der Waals surface area contributed by atoms with E-state index in [9.17, 15) is 0 Å². The Kier molecular flexibility index (Phi) is 4.63. The summed E-state index contributed by atoms with van der Waals surface area (Å²) in [4.78, 5) is 2.49. The quantitative estimate of drug-likeness (QED) is 0.610. The molecule has 1 nitrogen and oxygen atoms in total. The largest absolute Gasteiger partial charge is 0.281 e. The van der Waals surface area contributed by atoms with E-state index in [2.05, 4.69) is 83.5 Å². The van der Waals surface area contributed by atoms with Gasteiger partial charge >= 0.3 is 0 Å². The van der Waals surface area contributed by atoms with E-state index in [1.807, 2.05) is 18.2 Å². The molecule has 1 heteroatoms. The molecule has 0 aliphatic carbocycles. The fraction of sp³-hybridized carbons (Fsp3) is 0.167. The summed E-state index contributed by atoms with van der Waals surface area (Å²) in [5.74, 6) is 6.90. The number of nitrogens with zero attached hydrogens (tertiary/aromatic N) is 1. The molecule has 122 valence electrons. The van der Waals surface area contributed by atoms with Gasteiger partial charge in [-0.25, -0.2) is 0 Å². The van der Waals surface area contributed by atoms with E-state index in [0.29, 0.717) is 0 Å². The van der Waals surface area contributed by atoms with E-state index in [-0.39, 0.29) is 6.04 Å². The van der Waals surface area contributed by atoms with Gasteiger partial charge < -0.3 is 0 Å². The highest BCUT2D eigenvalue weighted by atomic mass is 15.2. The molecule has 1 heterocycles. The van der Waals surface area contributed by atoms with E-state index >= 15 is 0 Å². The Balaban J connectivity index is 1.66. The number of hydrogen-bond donors (Lipinski definition) is 0. The van der Waals surface area contributed by atoms with Gasteiger partial charge in [0.1, 0.15) is 0 Å². The van der Waals surface area contributed by atoms with Gasteiger partial charge in [-0.05, 0) is 35.2 Å². The molecule has 0 amide bonds. The Bertz CT molecular complexity index is 887. The van der Waals surface area contributed by atoms with Crippen LogP contribution in [0.3, 0.4) is 0 Å². The predicted octanol–water partition coefficient (Wildman–Crippen LogP) is 4.84. The molecule has 0 N–H and O–H groups in total. The Labute approximate surface area is 149 Å². The highest BCUT2D eigenvalue weighted by Crippen LogP contribution is 2.27. The molecule has 0 aromatic heterocycles. The molecule has 0 radical (unpaired) electrons. The second kappa shape index (κ2) is 7.38. The van der Waals surface area contributed by atoms with Crippen LogP contribution in [0.4, 0.5) is 0 Å². The van der Waals surface area contributed by atoms with Crippen molar-refractivity contribution in [1.29, 1.82) is 0 Å². The summed E-state index contributed by atoms with van der Waals surface area (Å²) in [5.41, 5.74) is 5.24. The van der Waals surface area contributed by atoms with Gasteiger partial charge in [-0.2, -0.15) is 0 Å². The average molecular weight is 323 g/mol. The van der Waals surface area contributed by atoms with Gasteiger partial charge in [-0.15, -0.1) is 0 Å². The third kappa shape index (κ3) is 3.65. The summed E-state index contributed by atoms with van der Waals surface area (Å²) >= 11 is 0. The van der Waals surface area contributed by atoms with Crippen molar-refractivity contribution >= 4 is 0 Å². The average Bonchev–Trinajstić information content (AvgIpc) is 2.70. The van der Waals surface area contributed by atoms with Crippen LogP contribution in [0.25, 0.3) is 0 Å². The third-order valence-corrected chi connectivity index (χ3v) is 4.77. The third-order valence-electron chi connectivity index (χ3n) is 4.77. The Morgan fingerprint density at radius 1 is 0.720 bits per heavy atom. The molecule has 1 atom stereocenters. The van der Waals surface area contributed by atoms with Crippen molar-refractivity contribution < 1.29 is 0 Å². The topological polar surface area (TPSA) is 3.24 Å². The summed E-state index contributed by atoms with van der Waals surface area (Å²) in [6.45, 7) is 2.00.